The molecule has 0 spiro atoms. The fourth-order valence-corrected chi connectivity index (χ4v) is 2.38. The lowest BCUT2D eigenvalue weighted by Crippen LogP contribution is -2.38. The van der Waals surface area contributed by atoms with E-state index in [0.29, 0.717) is 5.56 Å². The third-order valence-electron chi connectivity index (χ3n) is 3.54. The Bertz CT molecular complexity index is 408. The smallest absolute Gasteiger partial charge is 0.163 e. The molecule has 1 aromatic carbocycles. The predicted molar refractivity (Wildman–Crippen MR) is 70.0 cm³/mol. The van der Waals surface area contributed by atoms with E-state index < -0.39 is 11.6 Å². The van der Waals surface area contributed by atoms with E-state index >= 15 is 0 Å². The molecular weight excluding hydrogens is 250 g/mol. The van der Waals surface area contributed by atoms with Crippen LogP contribution in [0.3, 0.4) is 0 Å². The lowest BCUT2D eigenvalue weighted by Gasteiger charge is -2.28. The number of ether oxygens (including phenoxy) is 1. The zero-order valence-corrected chi connectivity index (χ0v) is 11.2. The zero-order chi connectivity index (χ0) is 13.7. The summed E-state index contributed by atoms with van der Waals surface area (Å²) in [6.07, 6.45) is 0.747. The Morgan fingerprint density at radius 2 is 2.05 bits per heavy atom. The van der Waals surface area contributed by atoms with E-state index in [1.165, 1.54) is 0 Å². The molecule has 0 aliphatic carbocycles. The highest BCUT2D eigenvalue weighted by Gasteiger charge is 2.18. The van der Waals surface area contributed by atoms with Gasteiger partial charge >= 0.3 is 0 Å². The summed E-state index contributed by atoms with van der Waals surface area (Å²) in [5, 5.41) is 3.06. The molecular formula is C14H20F2N2O. The largest absolute Gasteiger partial charge is 0.379 e. The molecule has 2 rings (SSSR count). The van der Waals surface area contributed by atoms with Gasteiger partial charge in [-0.25, -0.2) is 8.78 Å². The van der Waals surface area contributed by atoms with Crippen LogP contribution < -0.4 is 5.32 Å². The summed E-state index contributed by atoms with van der Waals surface area (Å²) in [5.74, 6) is -1.53. The maximum atomic E-state index is 13.8. The van der Waals surface area contributed by atoms with Gasteiger partial charge in [-0.05, 0) is 19.5 Å². The van der Waals surface area contributed by atoms with E-state index in [-0.39, 0.29) is 6.04 Å². The Kier molecular flexibility index (Phi) is 5.24. The first-order valence-electron chi connectivity index (χ1n) is 6.63. The van der Waals surface area contributed by atoms with Crippen molar-refractivity contribution in [1.82, 2.24) is 10.2 Å². The van der Waals surface area contributed by atoms with Crippen LogP contribution in [-0.4, -0.2) is 44.8 Å². The second kappa shape index (κ2) is 6.93. The number of halogens is 2. The van der Waals surface area contributed by atoms with Crippen LogP contribution >= 0.6 is 0 Å². The van der Waals surface area contributed by atoms with Crippen LogP contribution in [0.15, 0.2) is 18.2 Å². The molecule has 19 heavy (non-hydrogen) atoms. The molecule has 106 valence electrons. The van der Waals surface area contributed by atoms with Gasteiger partial charge in [0, 0.05) is 31.2 Å². The molecule has 1 saturated heterocycles. The summed E-state index contributed by atoms with van der Waals surface area (Å²) in [6, 6.07) is 4.16. The third kappa shape index (κ3) is 3.72. The van der Waals surface area contributed by atoms with Crippen molar-refractivity contribution in [3.8, 4) is 0 Å². The van der Waals surface area contributed by atoms with Crippen LogP contribution in [0.25, 0.3) is 0 Å². The monoisotopic (exact) mass is 270 g/mol. The Hall–Kier alpha value is -1.04. The van der Waals surface area contributed by atoms with Gasteiger partial charge in [0.05, 0.1) is 13.2 Å². The van der Waals surface area contributed by atoms with Gasteiger partial charge in [0.1, 0.15) is 0 Å². The van der Waals surface area contributed by atoms with E-state index in [4.69, 9.17) is 4.74 Å². The molecule has 1 atom stereocenters. The van der Waals surface area contributed by atoms with Crippen LogP contribution in [0.4, 0.5) is 8.78 Å². The fraction of sp³-hybridized carbons (Fsp3) is 0.571. The molecule has 3 nitrogen and oxygen atoms in total. The second-order valence-electron chi connectivity index (χ2n) is 4.73. The number of rotatable bonds is 5. The van der Waals surface area contributed by atoms with Crippen molar-refractivity contribution >= 4 is 0 Å². The number of hydrogen-bond donors (Lipinski definition) is 1. The topological polar surface area (TPSA) is 24.5 Å². The average Bonchev–Trinajstić information content (AvgIpc) is 2.45. The molecule has 1 unspecified atom stereocenters. The van der Waals surface area contributed by atoms with Crippen molar-refractivity contribution in [1.29, 1.82) is 0 Å². The van der Waals surface area contributed by atoms with Gasteiger partial charge in [0.15, 0.2) is 11.6 Å². The lowest BCUT2D eigenvalue weighted by molar-refractivity contribution is 0.0362. The van der Waals surface area contributed by atoms with Gasteiger partial charge in [-0.1, -0.05) is 12.1 Å². The summed E-state index contributed by atoms with van der Waals surface area (Å²) in [4.78, 5) is 2.28. The molecule has 1 aliphatic heterocycles. The molecule has 1 heterocycles. The SMILES string of the molecule is CNC(CCN1CCOCC1)c1cccc(F)c1F. The van der Waals surface area contributed by atoms with Crippen LogP contribution in [0.1, 0.15) is 18.0 Å². The van der Waals surface area contributed by atoms with Gasteiger partial charge in [-0.15, -0.1) is 0 Å². The Balaban J connectivity index is 1.97. The van der Waals surface area contributed by atoms with E-state index in [0.717, 1.165) is 45.3 Å². The van der Waals surface area contributed by atoms with Gasteiger partial charge < -0.3 is 10.1 Å². The summed E-state index contributed by atoms with van der Waals surface area (Å²) >= 11 is 0. The van der Waals surface area contributed by atoms with Crippen LogP contribution in [0.5, 0.6) is 0 Å². The highest BCUT2D eigenvalue weighted by molar-refractivity contribution is 5.22. The molecule has 0 saturated carbocycles. The van der Waals surface area contributed by atoms with Crippen LogP contribution in [0, 0.1) is 11.6 Å². The van der Waals surface area contributed by atoms with E-state index in [1.54, 1.807) is 19.2 Å². The van der Waals surface area contributed by atoms with E-state index in [2.05, 4.69) is 10.2 Å². The van der Waals surface area contributed by atoms with E-state index in [9.17, 15) is 8.78 Å². The molecule has 0 aromatic heterocycles. The summed E-state index contributed by atoms with van der Waals surface area (Å²) < 4.78 is 32.3. The van der Waals surface area contributed by atoms with Crippen molar-refractivity contribution in [2.75, 3.05) is 39.9 Å². The third-order valence-corrected chi connectivity index (χ3v) is 3.54. The molecule has 1 N–H and O–H groups in total. The van der Waals surface area contributed by atoms with Crippen molar-refractivity contribution in [2.45, 2.75) is 12.5 Å². The number of benzene rings is 1. The zero-order valence-electron chi connectivity index (χ0n) is 11.2. The number of morpholine rings is 1. The van der Waals surface area contributed by atoms with Gasteiger partial charge in [0.2, 0.25) is 0 Å². The minimum atomic E-state index is -0.788. The normalized spacial score (nSPS) is 18.5. The molecule has 5 heteroatoms. The standard InChI is InChI=1S/C14H20F2N2O/c1-17-13(5-6-18-7-9-19-10-8-18)11-3-2-4-12(15)14(11)16/h2-4,13,17H,5-10H2,1H3. The van der Waals surface area contributed by atoms with Gasteiger partial charge in [-0.3, -0.25) is 4.90 Å². The first-order valence-corrected chi connectivity index (χ1v) is 6.63. The van der Waals surface area contributed by atoms with Crippen LogP contribution in [-0.2, 0) is 4.74 Å². The lowest BCUT2D eigenvalue weighted by atomic mass is 10.0. The molecule has 1 aromatic rings. The van der Waals surface area contributed by atoms with Crippen molar-refractivity contribution in [3.05, 3.63) is 35.4 Å². The number of nitrogens with one attached hydrogen (secondary N) is 1. The maximum Gasteiger partial charge on any atom is 0.163 e. The number of hydrogen-bond acceptors (Lipinski definition) is 3. The molecule has 0 amide bonds. The Morgan fingerprint density at radius 1 is 1.32 bits per heavy atom. The van der Waals surface area contributed by atoms with Crippen molar-refractivity contribution in [3.63, 3.8) is 0 Å². The van der Waals surface area contributed by atoms with Crippen molar-refractivity contribution < 1.29 is 13.5 Å². The quantitative estimate of drug-likeness (QED) is 0.885. The minimum absolute atomic E-state index is 0.168. The van der Waals surface area contributed by atoms with Gasteiger partial charge in [-0.2, -0.15) is 0 Å². The highest BCUT2D eigenvalue weighted by atomic mass is 19.2. The predicted octanol–water partition coefficient (Wildman–Crippen LogP) is 1.95. The van der Waals surface area contributed by atoms with E-state index in [1.807, 2.05) is 0 Å². The van der Waals surface area contributed by atoms with Crippen LogP contribution in [0.2, 0.25) is 0 Å². The average molecular weight is 270 g/mol. The van der Waals surface area contributed by atoms with Crippen molar-refractivity contribution in [2.24, 2.45) is 0 Å². The molecule has 1 aliphatic rings. The highest BCUT2D eigenvalue weighted by Crippen LogP contribution is 2.22. The Morgan fingerprint density at radius 3 is 2.74 bits per heavy atom. The molecule has 1 fully saturated rings. The minimum Gasteiger partial charge on any atom is -0.379 e. The Labute approximate surface area is 112 Å². The first-order chi connectivity index (χ1) is 9.22. The second-order valence-corrected chi connectivity index (χ2v) is 4.73. The molecule has 0 radical (unpaired) electrons. The summed E-state index contributed by atoms with van der Waals surface area (Å²) in [5.41, 5.74) is 0.399. The summed E-state index contributed by atoms with van der Waals surface area (Å²) in [6.45, 7) is 4.16. The summed E-state index contributed by atoms with van der Waals surface area (Å²) in [7, 11) is 1.77. The van der Waals surface area contributed by atoms with Gasteiger partial charge in [0.25, 0.3) is 0 Å². The maximum absolute atomic E-state index is 13.8. The first kappa shape index (κ1) is 14.4. The molecule has 0 bridgehead atoms. The number of nitrogens with zero attached hydrogens (tertiary/aromatic N) is 1. The fourth-order valence-electron chi connectivity index (χ4n) is 2.38.